The first kappa shape index (κ1) is 14.1. The molecule has 0 aliphatic heterocycles. The van der Waals surface area contributed by atoms with Gasteiger partial charge in [-0.15, -0.1) is 0 Å². The topological polar surface area (TPSA) is 47.3 Å². The van der Waals surface area contributed by atoms with Crippen LogP contribution in [0.25, 0.3) is 0 Å². The summed E-state index contributed by atoms with van der Waals surface area (Å²) >= 11 is 5.19. The molecule has 1 heterocycles. The first-order valence-corrected chi connectivity index (χ1v) is 7.14. The first-order chi connectivity index (χ1) is 7.61. The molecule has 0 spiro atoms. The molecule has 0 saturated heterocycles. The van der Waals surface area contributed by atoms with Crippen molar-refractivity contribution in [3.63, 3.8) is 0 Å². The van der Waals surface area contributed by atoms with Crippen LogP contribution in [0, 0.1) is 5.92 Å². The van der Waals surface area contributed by atoms with Crippen LogP contribution in [0.2, 0.25) is 0 Å². The van der Waals surface area contributed by atoms with Crippen LogP contribution in [0.15, 0.2) is 15.2 Å². The number of hydrazine groups is 1. The van der Waals surface area contributed by atoms with Crippen LogP contribution in [-0.4, -0.2) is 12.7 Å². The van der Waals surface area contributed by atoms with Crippen LogP contribution in [-0.2, 0) is 4.74 Å². The number of nitrogens with two attached hydrogens (primary N) is 1. The molecule has 92 valence electrons. The summed E-state index contributed by atoms with van der Waals surface area (Å²) in [6, 6.07) is 0.0283. The van der Waals surface area contributed by atoms with E-state index >= 15 is 0 Å². The van der Waals surface area contributed by atoms with Gasteiger partial charge in [0.15, 0.2) is 0 Å². The van der Waals surface area contributed by atoms with Gasteiger partial charge in [-0.2, -0.15) is 11.3 Å². The molecular weight excluding hydrogens is 288 g/mol. The average molecular weight is 307 g/mol. The lowest BCUT2D eigenvalue weighted by Crippen LogP contribution is -2.40. The van der Waals surface area contributed by atoms with Crippen molar-refractivity contribution >= 4 is 27.3 Å². The molecule has 0 fully saturated rings. The highest BCUT2D eigenvalue weighted by Gasteiger charge is 2.27. The molecule has 1 aromatic heterocycles. The van der Waals surface area contributed by atoms with Crippen molar-refractivity contribution in [2.24, 2.45) is 11.8 Å². The molecule has 1 rings (SSSR count). The van der Waals surface area contributed by atoms with Crippen LogP contribution in [0.3, 0.4) is 0 Å². The summed E-state index contributed by atoms with van der Waals surface area (Å²) in [5.41, 5.74) is 4.03. The molecule has 3 nitrogen and oxygen atoms in total. The summed E-state index contributed by atoms with van der Waals surface area (Å²) in [5.74, 6) is 6.07. The zero-order chi connectivity index (χ0) is 12.1. The quantitative estimate of drug-likeness (QED) is 0.627. The van der Waals surface area contributed by atoms with Crippen molar-refractivity contribution in [1.29, 1.82) is 0 Å². The Bertz CT molecular complexity index is 317. The Morgan fingerprint density at radius 3 is 2.56 bits per heavy atom. The standard InChI is InChI=1S/C11H19BrN2OS/c1-4-15-11(7(2)3)10(14-13)8-5-16-6-9(8)12/h5-7,10-11,14H,4,13H2,1-3H3. The second-order valence-corrected chi connectivity index (χ2v) is 5.58. The number of hydrogen-bond acceptors (Lipinski definition) is 4. The van der Waals surface area contributed by atoms with E-state index in [-0.39, 0.29) is 12.1 Å². The van der Waals surface area contributed by atoms with Gasteiger partial charge in [0, 0.05) is 16.5 Å². The van der Waals surface area contributed by atoms with Crippen molar-refractivity contribution in [1.82, 2.24) is 5.43 Å². The minimum Gasteiger partial charge on any atom is -0.376 e. The van der Waals surface area contributed by atoms with Crippen LogP contribution >= 0.6 is 27.3 Å². The predicted molar refractivity (Wildman–Crippen MR) is 72.3 cm³/mol. The zero-order valence-electron chi connectivity index (χ0n) is 9.87. The van der Waals surface area contributed by atoms with Gasteiger partial charge in [-0.05, 0) is 39.7 Å². The maximum absolute atomic E-state index is 5.78. The summed E-state index contributed by atoms with van der Waals surface area (Å²) in [7, 11) is 0. The Morgan fingerprint density at radius 2 is 2.19 bits per heavy atom. The second kappa shape index (κ2) is 6.71. The van der Waals surface area contributed by atoms with Gasteiger partial charge in [-0.1, -0.05) is 13.8 Å². The highest BCUT2D eigenvalue weighted by molar-refractivity contribution is 9.10. The second-order valence-electron chi connectivity index (χ2n) is 3.98. The van der Waals surface area contributed by atoms with E-state index in [1.807, 2.05) is 6.92 Å². The summed E-state index contributed by atoms with van der Waals surface area (Å²) in [6.45, 7) is 6.99. The van der Waals surface area contributed by atoms with Crippen molar-refractivity contribution in [3.05, 3.63) is 20.8 Å². The Balaban J connectivity index is 2.90. The minimum atomic E-state index is 0.0283. The average Bonchev–Trinajstić information content (AvgIpc) is 2.65. The normalized spacial score (nSPS) is 15.4. The smallest absolute Gasteiger partial charge is 0.0806 e. The number of thiophene rings is 1. The van der Waals surface area contributed by atoms with Crippen molar-refractivity contribution in [3.8, 4) is 0 Å². The molecule has 2 atom stereocenters. The van der Waals surface area contributed by atoms with Gasteiger partial charge in [-0.25, -0.2) is 0 Å². The highest BCUT2D eigenvalue weighted by atomic mass is 79.9. The van der Waals surface area contributed by atoms with E-state index in [1.165, 1.54) is 5.56 Å². The molecule has 0 aromatic carbocycles. The number of rotatable bonds is 6. The molecule has 0 aliphatic carbocycles. The summed E-state index contributed by atoms with van der Waals surface area (Å²) in [6.07, 6.45) is 0.0842. The molecule has 3 N–H and O–H groups in total. The van der Waals surface area contributed by atoms with Gasteiger partial charge < -0.3 is 4.74 Å². The molecule has 0 radical (unpaired) electrons. The van der Waals surface area contributed by atoms with E-state index in [2.05, 4.69) is 46.0 Å². The molecule has 5 heteroatoms. The molecular formula is C11H19BrN2OS. The lowest BCUT2D eigenvalue weighted by molar-refractivity contribution is 0.00271. The largest absolute Gasteiger partial charge is 0.376 e. The molecule has 0 amide bonds. The maximum atomic E-state index is 5.78. The van der Waals surface area contributed by atoms with E-state index in [9.17, 15) is 0 Å². The van der Waals surface area contributed by atoms with Crippen LogP contribution in [0.4, 0.5) is 0 Å². The van der Waals surface area contributed by atoms with Crippen molar-refractivity contribution in [2.45, 2.75) is 32.9 Å². The molecule has 0 aliphatic rings. The van der Waals surface area contributed by atoms with Crippen LogP contribution in [0.5, 0.6) is 0 Å². The van der Waals surface area contributed by atoms with Gasteiger partial charge >= 0.3 is 0 Å². The van der Waals surface area contributed by atoms with Gasteiger partial charge in [0.2, 0.25) is 0 Å². The zero-order valence-corrected chi connectivity index (χ0v) is 12.3. The van der Waals surface area contributed by atoms with Crippen molar-refractivity contribution < 1.29 is 4.74 Å². The molecule has 1 aromatic rings. The first-order valence-electron chi connectivity index (χ1n) is 5.41. The fraction of sp³-hybridized carbons (Fsp3) is 0.636. The van der Waals surface area contributed by atoms with Gasteiger partial charge in [0.1, 0.15) is 0 Å². The van der Waals surface area contributed by atoms with Gasteiger partial charge in [-0.3, -0.25) is 11.3 Å². The predicted octanol–water partition coefficient (Wildman–Crippen LogP) is 3.08. The van der Waals surface area contributed by atoms with Gasteiger partial charge in [0.05, 0.1) is 12.1 Å². The summed E-state index contributed by atoms with van der Waals surface area (Å²) < 4.78 is 6.87. The van der Waals surface area contributed by atoms with Crippen LogP contribution in [0.1, 0.15) is 32.4 Å². The Labute approximate surface area is 109 Å². The summed E-state index contributed by atoms with van der Waals surface area (Å²) in [4.78, 5) is 0. The van der Waals surface area contributed by atoms with Crippen molar-refractivity contribution in [2.75, 3.05) is 6.61 Å². The monoisotopic (exact) mass is 306 g/mol. The number of nitrogens with one attached hydrogen (secondary N) is 1. The lowest BCUT2D eigenvalue weighted by atomic mass is 9.95. The number of hydrogen-bond donors (Lipinski definition) is 2. The molecule has 0 bridgehead atoms. The van der Waals surface area contributed by atoms with E-state index in [0.717, 1.165) is 4.47 Å². The number of ether oxygens (including phenoxy) is 1. The minimum absolute atomic E-state index is 0.0283. The van der Waals surface area contributed by atoms with E-state index in [1.54, 1.807) is 11.3 Å². The third-order valence-corrected chi connectivity index (χ3v) is 4.25. The molecule has 16 heavy (non-hydrogen) atoms. The van der Waals surface area contributed by atoms with Gasteiger partial charge in [0.25, 0.3) is 0 Å². The number of halogens is 1. The van der Waals surface area contributed by atoms with Crippen LogP contribution < -0.4 is 11.3 Å². The molecule has 0 saturated carbocycles. The van der Waals surface area contributed by atoms with E-state index in [0.29, 0.717) is 12.5 Å². The third-order valence-electron chi connectivity index (χ3n) is 2.50. The fourth-order valence-corrected chi connectivity index (χ4v) is 3.32. The SMILES string of the molecule is CCOC(C(C)C)C(NN)c1cscc1Br. The van der Waals surface area contributed by atoms with E-state index in [4.69, 9.17) is 10.6 Å². The summed E-state index contributed by atoms with van der Waals surface area (Å²) in [5, 5.41) is 4.16. The maximum Gasteiger partial charge on any atom is 0.0806 e. The fourth-order valence-electron chi connectivity index (χ4n) is 1.74. The highest BCUT2D eigenvalue weighted by Crippen LogP contribution is 2.32. The van der Waals surface area contributed by atoms with E-state index < -0.39 is 0 Å². The third kappa shape index (κ3) is 3.28. The lowest BCUT2D eigenvalue weighted by Gasteiger charge is -2.29. The Hall–Kier alpha value is 0.0600. The Morgan fingerprint density at radius 1 is 1.50 bits per heavy atom. The molecule has 2 unspecified atom stereocenters. The Kier molecular flexibility index (Phi) is 5.92.